The molecule has 0 fully saturated rings. The number of carbonyl (C=O) groups is 1. The van der Waals surface area contributed by atoms with E-state index in [2.05, 4.69) is 9.97 Å². The van der Waals surface area contributed by atoms with Crippen molar-refractivity contribution in [1.82, 2.24) is 9.97 Å². The minimum Gasteiger partial charge on any atom is -0.462 e. The van der Waals surface area contributed by atoms with Gasteiger partial charge >= 0.3 is 5.97 Å². The number of hydrogen-bond acceptors (Lipinski definition) is 5. The Labute approximate surface area is 91.9 Å². The molecule has 1 aromatic heterocycles. The average molecular weight is 228 g/mol. The van der Waals surface area contributed by atoms with Gasteiger partial charge in [-0.05, 0) is 13.0 Å². The van der Waals surface area contributed by atoms with Crippen LogP contribution in [-0.4, -0.2) is 22.5 Å². The van der Waals surface area contributed by atoms with Crippen molar-refractivity contribution in [2.75, 3.05) is 6.61 Å². The first-order chi connectivity index (χ1) is 7.19. The minimum atomic E-state index is -0.567. The van der Waals surface area contributed by atoms with Crippen molar-refractivity contribution in [2.24, 2.45) is 5.73 Å². The van der Waals surface area contributed by atoms with Gasteiger partial charge in [-0.15, -0.1) is 0 Å². The summed E-state index contributed by atoms with van der Waals surface area (Å²) in [6.07, 6.45) is 2.54. The molecule has 1 rings (SSSR count). The number of rotatable bonds is 3. The third-order valence-corrected chi connectivity index (χ3v) is 1.74. The minimum absolute atomic E-state index is 0.0966. The van der Waals surface area contributed by atoms with E-state index in [0.29, 0.717) is 0 Å². The summed E-state index contributed by atoms with van der Waals surface area (Å²) in [6, 6.07) is 1.50. The highest BCUT2D eigenvalue weighted by molar-refractivity contribution is 6.29. The van der Waals surface area contributed by atoms with Crippen LogP contribution in [0.4, 0.5) is 0 Å². The molecular formula is C9H10ClN3O2. The van der Waals surface area contributed by atoms with Crippen LogP contribution in [0.3, 0.4) is 0 Å². The lowest BCUT2D eigenvalue weighted by atomic mass is 10.2. The molecule has 0 aliphatic carbocycles. The van der Waals surface area contributed by atoms with E-state index in [4.69, 9.17) is 22.1 Å². The van der Waals surface area contributed by atoms with Crippen molar-refractivity contribution in [3.63, 3.8) is 0 Å². The standard InChI is InChI=1S/C9H10ClN3O2/c1-2-15-9(14)6(5-11)8-12-4-3-7(10)13-8/h3-5H,2,11H2,1H3/b6-5+. The molecule has 0 unspecified atom stereocenters. The van der Waals surface area contributed by atoms with Crippen LogP contribution < -0.4 is 5.73 Å². The van der Waals surface area contributed by atoms with Crippen molar-refractivity contribution in [3.05, 3.63) is 29.4 Å². The van der Waals surface area contributed by atoms with E-state index in [1.54, 1.807) is 6.92 Å². The molecule has 1 aromatic rings. The fourth-order valence-corrected chi connectivity index (χ4v) is 1.05. The summed E-state index contributed by atoms with van der Waals surface area (Å²) in [5.41, 5.74) is 5.40. The molecule has 0 saturated carbocycles. The summed E-state index contributed by atoms with van der Waals surface area (Å²) in [7, 11) is 0. The monoisotopic (exact) mass is 227 g/mol. The Morgan fingerprint density at radius 3 is 3.00 bits per heavy atom. The molecule has 6 heteroatoms. The molecule has 5 nitrogen and oxygen atoms in total. The molecule has 15 heavy (non-hydrogen) atoms. The maximum atomic E-state index is 11.4. The van der Waals surface area contributed by atoms with Crippen LogP contribution in [0, 0.1) is 0 Å². The van der Waals surface area contributed by atoms with Crippen LogP contribution in [-0.2, 0) is 9.53 Å². The Morgan fingerprint density at radius 2 is 2.47 bits per heavy atom. The summed E-state index contributed by atoms with van der Waals surface area (Å²) >= 11 is 5.66. The Kier molecular flexibility index (Phi) is 4.05. The number of nitrogens with two attached hydrogens (primary N) is 1. The third-order valence-electron chi connectivity index (χ3n) is 1.52. The normalized spacial score (nSPS) is 11.2. The number of halogens is 1. The SMILES string of the molecule is CCOC(=O)/C(=C/N)c1nccc(Cl)n1. The molecule has 0 atom stereocenters. The molecule has 0 radical (unpaired) electrons. The molecule has 0 aliphatic rings. The quantitative estimate of drug-likeness (QED) is 0.473. The molecule has 0 amide bonds. The van der Waals surface area contributed by atoms with Gasteiger partial charge in [-0.25, -0.2) is 14.8 Å². The molecule has 0 aliphatic heterocycles. The molecule has 2 N–H and O–H groups in total. The van der Waals surface area contributed by atoms with Crippen molar-refractivity contribution < 1.29 is 9.53 Å². The van der Waals surface area contributed by atoms with Crippen molar-refractivity contribution in [3.8, 4) is 0 Å². The summed E-state index contributed by atoms with van der Waals surface area (Å²) in [4.78, 5) is 19.1. The molecule has 0 aromatic carbocycles. The van der Waals surface area contributed by atoms with Gasteiger partial charge in [-0.2, -0.15) is 0 Å². The second-order valence-corrected chi connectivity index (χ2v) is 2.89. The number of ether oxygens (including phenoxy) is 1. The summed E-state index contributed by atoms with van der Waals surface area (Å²) in [6.45, 7) is 1.96. The van der Waals surface area contributed by atoms with Gasteiger partial charge in [-0.3, -0.25) is 0 Å². The highest BCUT2D eigenvalue weighted by atomic mass is 35.5. The maximum absolute atomic E-state index is 11.4. The average Bonchev–Trinajstić information content (AvgIpc) is 2.19. The van der Waals surface area contributed by atoms with Crippen LogP contribution in [0.25, 0.3) is 5.57 Å². The van der Waals surface area contributed by atoms with E-state index in [0.717, 1.165) is 6.20 Å². The second kappa shape index (κ2) is 5.31. The van der Waals surface area contributed by atoms with Crippen LogP contribution in [0.5, 0.6) is 0 Å². The molecular weight excluding hydrogens is 218 g/mol. The number of aromatic nitrogens is 2. The Bertz CT molecular complexity index is 393. The Balaban J connectivity index is 2.99. The van der Waals surface area contributed by atoms with E-state index in [9.17, 15) is 4.79 Å². The maximum Gasteiger partial charge on any atom is 0.343 e. The topological polar surface area (TPSA) is 78.1 Å². The number of esters is 1. The highest BCUT2D eigenvalue weighted by Gasteiger charge is 2.15. The molecule has 0 saturated heterocycles. The van der Waals surface area contributed by atoms with E-state index in [-0.39, 0.29) is 23.2 Å². The zero-order valence-electron chi connectivity index (χ0n) is 8.11. The van der Waals surface area contributed by atoms with Gasteiger partial charge in [0.1, 0.15) is 10.7 Å². The van der Waals surface area contributed by atoms with E-state index in [1.807, 2.05) is 0 Å². The largest absolute Gasteiger partial charge is 0.462 e. The smallest absolute Gasteiger partial charge is 0.343 e. The number of carbonyl (C=O) groups excluding carboxylic acids is 1. The van der Waals surface area contributed by atoms with Crippen LogP contribution in [0.1, 0.15) is 12.7 Å². The molecule has 1 heterocycles. The second-order valence-electron chi connectivity index (χ2n) is 2.50. The summed E-state index contributed by atoms with van der Waals surface area (Å²) < 4.78 is 4.78. The molecule has 0 bridgehead atoms. The predicted molar refractivity (Wildman–Crippen MR) is 55.8 cm³/mol. The first-order valence-corrected chi connectivity index (χ1v) is 4.64. The van der Waals surface area contributed by atoms with Gasteiger partial charge in [0.25, 0.3) is 0 Å². The van der Waals surface area contributed by atoms with Gasteiger partial charge in [0.15, 0.2) is 5.82 Å². The summed E-state index contributed by atoms with van der Waals surface area (Å²) in [5, 5.41) is 0.239. The van der Waals surface area contributed by atoms with Crippen molar-refractivity contribution in [2.45, 2.75) is 6.92 Å². The van der Waals surface area contributed by atoms with Crippen LogP contribution >= 0.6 is 11.6 Å². The first kappa shape index (κ1) is 11.5. The zero-order chi connectivity index (χ0) is 11.3. The third kappa shape index (κ3) is 2.92. The lowest BCUT2D eigenvalue weighted by molar-refractivity contribution is -0.136. The zero-order valence-corrected chi connectivity index (χ0v) is 8.86. The molecule has 80 valence electrons. The van der Waals surface area contributed by atoms with Gasteiger partial charge in [0.05, 0.1) is 6.61 Å². The van der Waals surface area contributed by atoms with E-state index >= 15 is 0 Å². The van der Waals surface area contributed by atoms with Gasteiger partial charge in [0.2, 0.25) is 0 Å². The Morgan fingerprint density at radius 1 is 1.73 bits per heavy atom. The Hall–Kier alpha value is -1.62. The predicted octanol–water partition coefficient (Wildman–Crippen LogP) is 0.993. The number of nitrogens with zero attached hydrogens (tertiary/aromatic N) is 2. The van der Waals surface area contributed by atoms with Gasteiger partial charge < -0.3 is 10.5 Å². The highest BCUT2D eigenvalue weighted by Crippen LogP contribution is 2.12. The lowest BCUT2D eigenvalue weighted by Gasteiger charge is -2.04. The van der Waals surface area contributed by atoms with E-state index < -0.39 is 5.97 Å². The van der Waals surface area contributed by atoms with E-state index in [1.165, 1.54) is 12.3 Å². The lowest BCUT2D eigenvalue weighted by Crippen LogP contribution is -2.11. The first-order valence-electron chi connectivity index (χ1n) is 4.27. The molecule has 0 spiro atoms. The van der Waals surface area contributed by atoms with Crippen LogP contribution in [0.15, 0.2) is 18.5 Å². The van der Waals surface area contributed by atoms with Crippen molar-refractivity contribution in [1.29, 1.82) is 0 Å². The fourth-order valence-electron chi connectivity index (χ4n) is 0.909. The number of hydrogen-bond donors (Lipinski definition) is 1. The van der Waals surface area contributed by atoms with Crippen molar-refractivity contribution >= 4 is 23.1 Å². The van der Waals surface area contributed by atoms with Gasteiger partial charge in [-0.1, -0.05) is 11.6 Å². The fraction of sp³-hybridized carbons (Fsp3) is 0.222. The van der Waals surface area contributed by atoms with Gasteiger partial charge in [0, 0.05) is 12.4 Å². The van der Waals surface area contributed by atoms with Crippen LogP contribution in [0.2, 0.25) is 5.15 Å². The summed E-state index contributed by atoms with van der Waals surface area (Å²) in [5.74, 6) is -0.411.